The van der Waals surface area contributed by atoms with Crippen LogP contribution < -0.4 is 9.64 Å². The molecule has 3 saturated heterocycles. The summed E-state index contributed by atoms with van der Waals surface area (Å²) >= 11 is 0. The molecular formula is C34H30F4N8O2. The van der Waals surface area contributed by atoms with Gasteiger partial charge in [-0.05, 0) is 55.3 Å². The Bertz CT molecular complexity index is 2030. The molecule has 2 aromatic heterocycles. The van der Waals surface area contributed by atoms with Crippen LogP contribution in [0.15, 0.2) is 42.9 Å². The Kier molecular flexibility index (Phi) is 8.13. The van der Waals surface area contributed by atoms with Crippen molar-refractivity contribution in [1.82, 2.24) is 24.8 Å². The zero-order chi connectivity index (χ0) is 33.6. The molecule has 0 saturated carbocycles. The lowest BCUT2D eigenvalue weighted by Gasteiger charge is -2.38. The van der Waals surface area contributed by atoms with Crippen LogP contribution in [0.25, 0.3) is 32.9 Å². The largest absolute Gasteiger partial charge is 0.508 e. The maximum absolute atomic E-state index is 16.7. The summed E-state index contributed by atoms with van der Waals surface area (Å²) in [5, 5.41) is 29.5. The van der Waals surface area contributed by atoms with Crippen molar-refractivity contribution >= 4 is 27.5 Å². The summed E-state index contributed by atoms with van der Waals surface area (Å²) in [4.78, 5) is 19.1. The normalized spacial score (nSPS) is 22.8. The Morgan fingerprint density at radius 1 is 1.08 bits per heavy atom. The second kappa shape index (κ2) is 12.4. The van der Waals surface area contributed by atoms with E-state index in [1.807, 2.05) is 4.90 Å². The van der Waals surface area contributed by atoms with Crippen molar-refractivity contribution in [3.05, 3.63) is 60.3 Å². The number of aromatic hydroxyl groups is 1. The predicted octanol–water partition coefficient (Wildman–Crippen LogP) is 5.57. The first-order chi connectivity index (χ1) is 23.2. The van der Waals surface area contributed by atoms with Crippen molar-refractivity contribution in [3.63, 3.8) is 0 Å². The Balaban J connectivity index is 1.35. The molecule has 3 unspecified atom stereocenters. The van der Waals surface area contributed by atoms with Gasteiger partial charge in [0.05, 0.1) is 35.8 Å². The van der Waals surface area contributed by atoms with Gasteiger partial charge in [0.25, 0.3) is 0 Å². The number of rotatable bonds is 7. The number of halogens is 4. The number of pyridine rings is 1. The van der Waals surface area contributed by atoms with Gasteiger partial charge in [0.1, 0.15) is 29.4 Å². The molecule has 0 spiro atoms. The van der Waals surface area contributed by atoms with Gasteiger partial charge < -0.3 is 19.6 Å². The maximum atomic E-state index is 16.7. The molecule has 3 aliphatic rings. The lowest BCUT2D eigenvalue weighted by atomic mass is 9.91. The summed E-state index contributed by atoms with van der Waals surface area (Å²) in [5.41, 5.74) is -1.10. The van der Waals surface area contributed by atoms with E-state index < -0.39 is 23.5 Å². The number of anilines is 1. The summed E-state index contributed by atoms with van der Waals surface area (Å²) in [6.45, 7) is 2.55. The zero-order valence-electron chi connectivity index (χ0n) is 25.7. The Labute approximate surface area is 273 Å². The summed E-state index contributed by atoms with van der Waals surface area (Å²) in [5.74, 6) is -3.32. The van der Waals surface area contributed by atoms with E-state index in [2.05, 4.69) is 32.1 Å². The Morgan fingerprint density at radius 3 is 2.73 bits per heavy atom. The highest BCUT2D eigenvalue weighted by molar-refractivity contribution is 6.00. The number of aromatic nitrogens is 3. The van der Waals surface area contributed by atoms with Gasteiger partial charge in [0.15, 0.2) is 23.6 Å². The summed E-state index contributed by atoms with van der Waals surface area (Å²) < 4.78 is 65.5. The van der Waals surface area contributed by atoms with E-state index in [0.29, 0.717) is 32.4 Å². The molecule has 3 aliphatic heterocycles. The molecule has 4 aromatic rings. The van der Waals surface area contributed by atoms with Crippen LogP contribution >= 0.6 is 0 Å². The molecule has 7 rings (SSSR count). The molecule has 246 valence electrons. The molecule has 48 heavy (non-hydrogen) atoms. The van der Waals surface area contributed by atoms with Gasteiger partial charge in [-0.2, -0.15) is 20.5 Å². The Hall–Kier alpha value is -5.21. The second-order valence-electron chi connectivity index (χ2n) is 12.6. The van der Waals surface area contributed by atoms with Crippen LogP contribution in [0.2, 0.25) is 0 Å². The lowest BCUT2D eigenvalue weighted by Crippen LogP contribution is -2.51. The van der Waals surface area contributed by atoms with Crippen molar-refractivity contribution in [1.29, 1.82) is 10.5 Å². The van der Waals surface area contributed by atoms with Gasteiger partial charge >= 0.3 is 6.01 Å². The third-order valence-corrected chi connectivity index (χ3v) is 9.78. The third-order valence-electron chi connectivity index (χ3n) is 9.78. The highest BCUT2D eigenvalue weighted by Crippen LogP contribution is 2.43. The van der Waals surface area contributed by atoms with Gasteiger partial charge in [0.2, 0.25) is 0 Å². The average Bonchev–Trinajstić information content (AvgIpc) is 3.62. The molecule has 0 aliphatic carbocycles. The minimum atomic E-state index is -1.21. The summed E-state index contributed by atoms with van der Waals surface area (Å²) in [7, 11) is 0. The van der Waals surface area contributed by atoms with Crippen molar-refractivity contribution in [2.24, 2.45) is 5.92 Å². The highest BCUT2D eigenvalue weighted by atomic mass is 19.2. The number of phenols is 1. The van der Waals surface area contributed by atoms with E-state index in [1.54, 1.807) is 6.08 Å². The van der Waals surface area contributed by atoms with Gasteiger partial charge in [-0.15, -0.1) is 0 Å². The second-order valence-corrected chi connectivity index (χ2v) is 12.6. The lowest BCUT2D eigenvalue weighted by molar-refractivity contribution is 0.107. The van der Waals surface area contributed by atoms with Crippen molar-refractivity contribution in [3.8, 4) is 35.3 Å². The molecule has 3 fully saturated rings. The zero-order valence-corrected chi connectivity index (χ0v) is 25.7. The first kappa shape index (κ1) is 31.4. The monoisotopic (exact) mass is 658 g/mol. The number of ether oxygens (including phenoxy) is 1. The van der Waals surface area contributed by atoms with Crippen LogP contribution in [0.3, 0.4) is 0 Å². The molecule has 0 radical (unpaired) electrons. The minimum Gasteiger partial charge on any atom is -0.508 e. The molecule has 3 atom stereocenters. The SMILES string of the molecule is N#CCC1CN(c2nc(OCC34CCCN3CC(/C=C/F)C4)nc3c(F)c(-c4cc(O)cc5ccc(F)c(F)c45)ncc23)CCN1C#N. The predicted molar refractivity (Wildman–Crippen MR) is 168 cm³/mol. The number of hydrogen-bond donors (Lipinski definition) is 1. The number of hydrogen-bond acceptors (Lipinski definition) is 10. The molecule has 0 bridgehead atoms. The summed E-state index contributed by atoms with van der Waals surface area (Å²) in [6.07, 6.45) is 8.09. The van der Waals surface area contributed by atoms with E-state index in [-0.39, 0.29) is 81.5 Å². The average molecular weight is 659 g/mol. The quantitative estimate of drug-likeness (QED) is 0.199. The van der Waals surface area contributed by atoms with Gasteiger partial charge in [-0.1, -0.05) is 12.1 Å². The number of phenolic OH excluding ortho intramolecular Hbond substituents is 1. The number of fused-ring (bicyclic) bond motifs is 3. The van der Waals surface area contributed by atoms with Crippen molar-refractivity contribution in [2.45, 2.75) is 37.3 Å². The fourth-order valence-electron chi connectivity index (χ4n) is 7.54. The van der Waals surface area contributed by atoms with Crippen LogP contribution in [-0.2, 0) is 0 Å². The molecule has 5 heterocycles. The van der Waals surface area contributed by atoms with E-state index in [9.17, 15) is 24.4 Å². The minimum absolute atomic E-state index is 0.0221. The smallest absolute Gasteiger partial charge is 0.319 e. The molecule has 10 nitrogen and oxygen atoms in total. The van der Waals surface area contributed by atoms with E-state index in [1.165, 1.54) is 23.2 Å². The topological polar surface area (TPSA) is 125 Å². The van der Waals surface area contributed by atoms with E-state index in [4.69, 9.17) is 4.74 Å². The molecule has 14 heteroatoms. The number of nitriles is 2. The molecule has 0 amide bonds. The van der Waals surface area contributed by atoms with E-state index >= 15 is 8.78 Å². The van der Waals surface area contributed by atoms with Gasteiger partial charge in [-0.25, -0.2) is 17.6 Å². The van der Waals surface area contributed by atoms with Gasteiger partial charge in [0, 0.05) is 43.3 Å². The standard InChI is InChI=1S/C34H30F4N8O2/c35-7-4-20-14-34(6-1-9-46(34)16-20)18-48-33-42-31-25(32(43-33)44-10-11-45(19-40)22(17-44)5-8-39)15-41-30(29(31)38)24-13-23(47)12-21-2-3-26(36)28(37)27(21)24/h2-4,7,12-13,15,20,22,47H,1,5-6,9-11,14,16-18H2/b7-4+. The fourth-order valence-corrected chi connectivity index (χ4v) is 7.54. The number of nitrogens with zero attached hydrogens (tertiary/aromatic N) is 8. The van der Waals surface area contributed by atoms with E-state index in [0.717, 1.165) is 31.5 Å². The van der Waals surface area contributed by atoms with Crippen LogP contribution in [0.1, 0.15) is 25.7 Å². The molecular weight excluding hydrogens is 628 g/mol. The van der Waals surface area contributed by atoms with Crippen molar-refractivity contribution in [2.75, 3.05) is 44.2 Å². The van der Waals surface area contributed by atoms with Crippen LogP contribution in [0, 0.1) is 46.2 Å². The maximum Gasteiger partial charge on any atom is 0.319 e. The highest BCUT2D eigenvalue weighted by Gasteiger charge is 2.48. The van der Waals surface area contributed by atoms with Crippen LogP contribution in [0.5, 0.6) is 11.8 Å². The Morgan fingerprint density at radius 2 is 1.94 bits per heavy atom. The number of piperazine rings is 1. The summed E-state index contributed by atoms with van der Waals surface area (Å²) in [6, 6.07) is 6.10. The van der Waals surface area contributed by atoms with Crippen LogP contribution in [-0.4, -0.2) is 80.8 Å². The number of benzene rings is 2. The molecule has 2 aromatic carbocycles. The van der Waals surface area contributed by atoms with Crippen molar-refractivity contribution < 1.29 is 27.4 Å². The first-order valence-corrected chi connectivity index (χ1v) is 15.7. The van der Waals surface area contributed by atoms with Gasteiger partial charge in [-0.3, -0.25) is 9.88 Å². The fraction of sp³-hybridized carbons (Fsp3) is 0.382. The third kappa shape index (κ3) is 5.36. The first-order valence-electron chi connectivity index (χ1n) is 15.7. The molecule has 1 N–H and O–H groups in total. The van der Waals surface area contributed by atoms with Crippen LogP contribution in [0.4, 0.5) is 23.4 Å².